The first-order chi connectivity index (χ1) is 11.5. The van der Waals surface area contributed by atoms with Crippen molar-refractivity contribution in [2.24, 2.45) is 0 Å². The van der Waals surface area contributed by atoms with Crippen molar-refractivity contribution < 1.29 is 5.11 Å². The molecule has 1 fully saturated rings. The van der Waals surface area contributed by atoms with E-state index in [9.17, 15) is 5.11 Å². The maximum Gasteiger partial charge on any atom is 0.115 e. The van der Waals surface area contributed by atoms with Crippen LogP contribution in [0.15, 0.2) is 30.3 Å². The van der Waals surface area contributed by atoms with Crippen LogP contribution in [0, 0.1) is 13.8 Å². The van der Waals surface area contributed by atoms with E-state index in [0.29, 0.717) is 11.8 Å². The number of rotatable bonds is 5. The van der Waals surface area contributed by atoms with E-state index in [1.54, 1.807) is 6.07 Å². The first-order valence-corrected chi connectivity index (χ1v) is 8.76. The molecule has 24 heavy (non-hydrogen) atoms. The zero-order valence-corrected chi connectivity index (χ0v) is 14.9. The van der Waals surface area contributed by atoms with Gasteiger partial charge in [0.15, 0.2) is 0 Å². The van der Waals surface area contributed by atoms with Crippen molar-refractivity contribution in [3.05, 3.63) is 47.3 Å². The lowest BCUT2D eigenvalue weighted by molar-refractivity contribution is 0.0894. The molecule has 5 nitrogen and oxygen atoms in total. The molecule has 5 heteroatoms. The first kappa shape index (κ1) is 17.0. The van der Waals surface area contributed by atoms with Crippen molar-refractivity contribution in [3.63, 3.8) is 0 Å². The topological polar surface area (TPSA) is 44.5 Å². The molecule has 1 N–H and O–H groups in total. The van der Waals surface area contributed by atoms with Crippen LogP contribution >= 0.6 is 0 Å². The summed E-state index contributed by atoms with van der Waals surface area (Å²) in [6, 6.07) is 10.2. The molecule has 0 unspecified atom stereocenters. The second-order valence-corrected chi connectivity index (χ2v) is 6.94. The average molecular weight is 328 g/mol. The molecule has 0 spiro atoms. The lowest BCUT2D eigenvalue weighted by atomic mass is 10.1. The Kier molecular flexibility index (Phi) is 5.21. The van der Waals surface area contributed by atoms with Crippen molar-refractivity contribution >= 4 is 0 Å². The van der Waals surface area contributed by atoms with Gasteiger partial charge in [-0.1, -0.05) is 12.1 Å². The standard InChI is InChI=1S/C19H28N4O/c1-15-11-16(2)23(20-15)13-17(3)22-9-7-21(8-10-22)14-18-5-4-6-19(24)12-18/h4-6,11-12,17,24H,7-10,13-14H2,1-3H3/t17-/m1/s1. The van der Waals surface area contributed by atoms with Crippen LogP contribution in [0.2, 0.25) is 0 Å². The Morgan fingerprint density at radius 2 is 1.88 bits per heavy atom. The van der Waals surface area contributed by atoms with Gasteiger partial charge in [-0.2, -0.15) is 5.10 Å². The highest BCUT2D eigenvalue weighted by atomic mass is 16.3. The summed E-state index contributed by atoms with van der Waals surface area (Å²) in [7, 11) is 0. The van der Waals surface area contributed by atoms with E-state index in [-0.39, 0.29) is 0 Å². The number of hydrogen-bond donors (Lipinski definition) is 1. The molecular formula is C19H28N4O. The minimum atomic E-state index is 0.352. The van der Waals surface area contributed by atoms with Crippen LogP contribution in [-0.4, -0.2) is 56.9 Å². The van der Waals surface area contributed by atoms with Crippen molar-refractivity contribution in [2.75, 3.05) is 26.2 Å². The molecule has 1 aliphatic rings. The molecule has 0 aliphatic carbocycles. The molecule has 0 radical (unpaired) electrons. The minimum Gasteiger partial charge on any atom is -0.508 e. The van der Waals surface area contributed by atoms with Crippen LogP contribution < -0.4 is 0 Å². The SMILES string of the molecule is Cc1cc(C)n(C[C@@H](C)N2CCN(Cc3cccc(O)c3)CC2)n1. The average Bonchev–Trinajstić information content (AvgIpc) is 2.85. The van der Waals surface area contributed by atoms with Gasteiger partial charge in [0.2, 0.25) is 0 Å². The Labute approximate surface area is 144 Å². The molecular weight excluding hydrogens is 300 g/mol. The lowest BCUT2D eigenvalue weighted by Crippen LogP contribution is -2.50. The third-order valence-corrected chi connectivity index (χ3v) is 4.89. The number of piperazine rings is 1. The number of benzene rings is 1. The van der Waals surface area contributed by atoms with Crippen molar-refractivity contribution in [2.45, 2.75) is 39.9 Å². The highest BCUT2D eigenvalue weighted by Crippen LogP contribution is 2.15. The van der Waals surface area contributed by atoms with Crippen LogP contribution in [0.4, 0.5) is 0 Å². The monoisotopic (exact) mass is 328 g/mol. The maximum atomic E-state index is 9.59. The van der Waals surface area contributed by atoms with Crippen molar-refractivity contribution in [3.8, 4) is 5.75 Å². The predicted molar refractivity (Wildman–Crippen MR) is 96.1 cm³/mol. The summed E-state index contributed by atoms with van der Waals surface area (Å²) < 4.78 is 2.12. The molecule has 130 valence electrons. The maximum absolute atomic E-state index is 9.59. The van der Waals surface area contributed by atoms with E-state index in [4.69, 9.17) is 0 Å². The number of aromatic nitrogens is 2. The Balaban J connectivity index is 1.50. The predicted octanol–water partition coefficient (Wildman–Crippen LogP) is 2.41. The largest absolute Gasteiger partial charge is 0.508 e. The fourth-order valence-corrected chi connectivity index (χ4v) is 3.50. The number of phenols is 1. The van der Waals surface area contributed by atoms with Gasteiger partial charge in [-0.15, -0.1) is 0 Å². The van der Waals surface area contributed by atoms with Crippen molar-refractivity contribution in [1.29, 1.82) is 0 Å². The quantitative estimate of drug-likeness (QED) is 0.915. The van der Waals surface area contributed by atoms with E-state index >= 15 is 0 Å². The minimum absolute atomic E-state index is 0.352. The van der Waals surface area contributed by atoms with Gasteiger partial charge < -0.3 is 5.11 Å². The summed E-state index contributed by atoms with van der Waals surface area (Å²) in [6.45, 7) is 12.6. The number of nitrogens with zero attached hydrogens (tertiary/aromatic N) is 4. The summed E-state index contributed by atoms with van der Waals surface area (Å²) in [6.07, 6.45) is 0. The number of phenolic OH excluding ortho intramolecular Hbond substituents is 1. The highest BCUT2D eigenvalue weighted by molar-refractivity contribution is 5.27. The van der Waals surface area contributed by atoms with Gasteiger partial charge in [0.05, 0.1) is 12.2 Å². The first-order valence-electron chi connectivity index (χ1n) is 8.76. The third-order valence-electron chi connectivity index (χ3n) is 4.89. The fraction of sp³-hybridized carbons (Fsp3) is 0.526. The van der Waals surface area contributed by atoms with Crippen LogP contribution in [0.5, 0.6) is 5.75 Å². The van der Waals surface area contributed by atoms with Gasteiger partial charge >= 0.3 is 0 Å². The van der Waals surface area contributed by atoms with Crippen LogP contribution in [0.1, 0.15) is 23.9 Å². The van der Waals surface area contributed by atoms with E-state index in [1.165, 1.54) is 11.3 Å². The normalized spacial score (nSPS) is 18.0. The molecule has 0 bridgehead atoms. The van der Waals surface area contributed by atoms with Gasteiger partial charge in [0.1, 0.15) is 5.75 Å². The summed E-state index contributed by atoms with van der Waals surface area (Å²) in [5.41, 5.74) is 3.51. The van der Waals surface area contributed by atoms with Gasteiger partial charge in [-0.25, -0.2) is 0 Å². The second-order valence-electron chi connectivity index (χ2n) is 6.94. The van der Waals surface area contributed by atoms with Gasteiger partial charge in [0.25, 0.3) is 0 Å². The Morgan fingerprint density at radius 1 is 1.12 bits per heavy atom. The molecule has 1 aliphatic heterocycles. The van der Waals surface area contributed by atoms with E-state index in [0.717, 1.165) is 45.0 Å². The van der Waals surface area contributed by atoms with E-state index in [2.05, 4.69) is 45.6 Å². The zero-order valence-electron chi connectivity index (χ0n) is 14.9. The highest BCUT2D eigenvalue weighted by Gasteiger charge is 2.22. The fourth-order valence-electron chi connectivity index (χ4n) is 3.50. The second kappa shape index (κ2) is 7.36. The van der Waals surface area contributed by atoms with Gasteiger partial charge in [-0.3, -0.25) is 14.5 Å². The summed E-state index contributed by atoms with van der Waals surface area (Å²) in [5.74, 6) is 0.352. The summed E-state index contributed by atoms with van der Waals surface area (Å²) in [4.78, 5) is 5.01. The molecule has 2 heterocycles. The number of aryl methyl sites for hydroxylation is 2. The Bertz CT molecular complexity index is 674. The molecule has 3 rings (SSSR count). The number of aromatic hydroxyl groups is 1. The molecule has 1 saturated heterocycles. The van der Waals surface area contributed by atoms with E-state index < -0.39 is 0 Å². The third kappa shape index (κ3) is 4.16. The Hall–Kier alpha value is -1.85. The Morgan fingerprint density at radius 3 is 2.50 bits per heavy atom. The van der Waals surface area contributed by atoms with Crippen LogP contribution in [-0.2, 0) is 13.1 Å². The smallest absolute Gasteiger partial charge is 0.115 e. The number of hydrogen-bond acceptors (Lipinski definition) is 4. The molecule has 0 amide bonds. The summed E-state index contributed by atoms with van der Waals surface area (Å²) >= 11 is 0. The van der Waals surface area contributed by atoms with Crippen LogP contribution in [0.3, 0.4) is 0 Å². The zero-order chi connectivity index (χ0) is 17.1. The van der Waals surface area contributed by atoms with Gasteiger partial charge in [0, 0.05) is 44.5 Å². The molecule has 1 atom stereocenters. The molecule has 2 aromatic rings. The molecule has 1 aromatic heterocycles. The van der Waals surface area contributed by atoms with E-state index in [1.807, 2.05) is 19.1 Å². The molecule has 0 saturated carbocycles. The lowest BCUT2D eigenvalue weighted by Gasteiger charge is -2.38. The molecule has 1 aromatic carbocycles. The summed E-state index contributed by atoms with van der Waals surface area (Å²) in [5, 5.41) is 14.2. The van der Waals surface area contributed by atoms with Crippen LogP contribution in [0.25, 0.3) is 0 Å². The van der Waals surface area contributed by atoms with Gasteiger partial charge in [-0.05, 0) is 44.5 Å². The van der Waals surface area contributed by atoms with Crippen molar-refractivity contribution in [1.82, 2.24) is 19.6 Å².